The molecule has 2 rings (SSSR count). The Balaban J connectivity index is 2.09. The molecule has 0 amide bonds. The molecule has 0 atom stereocenters. The van der Waals surface area contributed by atoms with Crippen molar-refractivity contribution >= 4 is 26.0 Å². The fraction of sp³-hybridized carbons (Fsp3) is 0.176. The van der Waals surface area contributed by atoms with E-state index < -0.39 is 10.0 Å². The molecule has 0 unspecified atom stereocenters. The Kier molecular flexibility index (Phi) is 5.98. The van der Waals surface area contributed by atoms with Crippen LogP contribution < -0.4 is 4.74 Å². The Bertz CT molecular complexity index is 755. The molecule has 0 bridgehead atoms. The van der Waals surface area contributed by atoms with E-state index in [1.54, 1.807) is 37.4 Å². The van der Waals surface area contributed by atoms with Crippen molar-refractivity contribution in [1.29, 1.82) is 0 Å². The van der Waals surface area contributed by atoms with Gasteiger partial charge in [0.1, 0.15) is 12.4 Å². The molecule has 2 aromatic carbocycles. The SMILES string of the molecule is C=CCOc1ccc(CN(C)S(=O)(=O)c2ccc(Br)cc2)cc1. The second-order valence-electron chi connectivity index (χ2n) is 4.96. The Morgan fingerprint density at radius 2 is 1.74 bits per heavy atom. The number of ether oxygens (including phenoxy) is 1. The van der Waals surface area contributed by atoms with Gasteiger partial charge in [0.2, 0.25) is 10.0 Å². The van der Waals surface area contributed by atoms with Crippen molar-refractivity contribution in [2.45, 2.75) is 11.4 Å². The summed E-state index contributed by atoms with van der Waals surface area (Å²) in [6.07, 6.45) is 1.67. The molecule has 0 fully saturated rings. The van der Waals surface area contributed by atoms with Crippen LogP contribution in [0.2, 0.25) is 0 Å². The highest BCUT2D eigenvalue weighted by molar-refractivity contribution is 9.10. The zero-order chi connectivity index (χ0) is 16.9. The van der Waals surface area contributed by atoms with E-state index in [1.165, 1.54) is 4.31 Å². The lowest BCUT2D eigenvalue weighted by molar-refractivity contribution is 0.363. The van der Waals surface area contributed by atoms with Crippen molar-refractivity contribution in [3.63, 3.8) is 0 Å². The standard InChI is InChI=1S/C17H18BrNO3S/c1-3-12-22-16-8-4-14(5-9-16)13-19(2)23(20,21)17-10-6-15(18)7-11-17/h3-11H,1,12-13H2,2H3. The van der Waals surface area contributed by atoms with E-state index in [0.29, 0.717) is 13.2 Å². The molecule has 23 heavy (non-hydrogen) atoms. The molecule has 2 aromatic rings. The minimum atomic E-state index is -3.51. The lowest BCUT2D eigenvalue weighted by Gasteiger charge is -2.17. The highest BCUT2D eigenvalue weighted by Gasteiger charge is 2.20. The van der Waals surface area contributed by atoms with Crippen LogP contribution in [0.4, 0.5) is 0 Å². The maximum Gasteiger partial charge on any atom is 0.243 e. The van der Waals surface area contributed by atoms with Crippen LogP contribution >= 0.6 is 15.9 Å². The van der Waals surface area contributed by atoms with Gasteiger partial charge in [0.05, 0.1) is 4.90 Å². The van der Waals surface area contributed by atoms with E-state index in [4.69, 9.17) is 4.74 Å². The number of hydrogen-bond acceptors (Lipinski definition) is 3. The second-order valence-corrected chi connectivity index (χ2v) is 7.92. The first kappa shape index (κ1) is 17.7. The molecular weight excluding hydrogens is 378 g/mol. The summed E-state index contributed by atoms with van der Waals surface area (Å²) < 4.78 is 32.6. The van der Waals surface area contributed by atoms with E-state index in [-0.39, 0.29) is 4.90 Å². The average Bonchev–Trinajstić information content (AvgIpc) is 2.54. The topological polar surface area (TPSA) is 46.6 Å². The summed E-state index contributed by atoms with van der Waals surface area (Å²) in [5.41, 5.74) is 0.888. The molecule has 0 heterocycles. The number of hydrogen-bond donors (Lipinski definition) is 0. The van der Waals surface area contributed by atoms with Crippen molar-refractivity contribution in [2.75, 3.05) is 13.7 Å². The van der Waals surface area contributed by atoms with Crippen LogP contribution in [0.15, 0.2) is 70.6 Å². The molecule has 4 nitrogen and oxygen atoms in total. The summed E-state index contributed by atoms with van der Waals surface area (Å²) in [5, 5.41) is 0. The monoisotopic (exact) mass is 395 g/mol. The molecule has 0 aromatic heterocycles. The Hall–Kier alpha value is -1.63. The van der Waals surface area contributed by atoms with Crippen molar-refractivity contribution in [3.05, 3.63) is 71.2 Å². The van der Waals surface area contributed by atoms with Gasteiger partial charge in [-0.2, -0.15) is 4.31 Å². The minimum absolute atomic E-state index is 0.272. The van der Waals surface area contributed by atoms with Crippen LogP contribution in [0.25, 0.3) is 0 Å². The first-order chi connectivity index (χ1) is 10.9. The van der Waals surface area contributed by atoms with Gasteiger partial charge < -0.3 is 4.74 Å². The number of benzene rings is 2. The number of nitrogens with zero attached hydrogens (tertiary/aromatic N) is 1. The van der Waals surface area contributed by atoms with E-state index in [1.807, 2.05) is 24.3 Å². The summed E-state index contributed by atoms with van der Waals surface area (Å²) in [6, 6.07) is 13.9. The zero-order valence-corrected chi connectivity index (χ0v) is 15.2. The first-order valence-electron chi connectivity index (χ1n) is 6.98. The van der Waals surface area contributed by atoms with Crippen molar-refractivity contribution in [2.24, 2.45) is 0 Å². The highest BCUT2D eigenvalue weighted by atomic mass is 79.9. The Morgan fingerprint density at radius 3 is 2.30 bits per heavy atom. The molecular formula is C17H18BrNO3S. The lowest BCUT2D eigenvalue weighted by atomic mass is 10.2. The van der Waals surface area contributed by atoms with E-state index in [0.717, 1.165) is 15.8 Å². The van der Waals surface area contributed by atoms with Crippen LogP contribution in [0, 0.1) is 0 Å². The molecule has 0 N–H and O–H groups in total. The van der Waals surface area contributed by atoms with E-state index in [9.17, 15) is 8.42 Å². The third-order valence-electron chi connectivity index (χ3n) is 3.22. The largest absolute Gasteiger partial charge is 0.490 e. The van der Waals surface area contributed by atoms with Gasteiger partial charge in [-0.1, -0.05) is 40.7 Å². The average molecular weight is 396 g/mol. The molecule has 0 saturated carbocycles. The summed E-state index contributed by atoms with van der Waals surface area (Å²) in [6.45, 7) is 4.33. The van der Waals surface area contributed by atoms with Gasteiger partial charge in [-0.25, -0.2) is 8.42 Å². The number of rotatable bonds is 7. The highest BCUT2D eigenvalue weighted by Crippen LogP contribution is 2.20. The van der Waals surface area contributed by atoms with Gasteiger partial charge in [0, 0.05) is 18.1 Å². The molecule has 122 valence electrons. The molecule has 6 heteroatoms. The quantitative estimate of drug-likeness (QED) is 0.669. The maximum atomic E-state index is 12.5. The fourth-order valence-corrected chi connectivity index (χ4v) is 3.40. The second kappa shape index (κ2) is 7.77. The van der Waals surface area contributed by atoms with Crippen LogP contribution in [-0.2, 0) is 16.6 Å². The predicted molar refractivity (Wildman–Crippen MR) is 94.9 cm³/mol. The van der Waals surface area contributed by atoms with Gasteiger partial charge in [-0.05, 0) is 42.0 Å². The van der Waals surface area contributed by atoms with Crippen molar-refractivity contribution in [1.82, 2.24) is 4.31 Å². The Morgan fingerprint density at radius 1 is 1.13 bits per heavy atom. The van der Waals surface area contributed by atoms with Crippen LogP contribution in [0.1, 0.15) is 5.56 Å². The van der Waals surface area contributed by atoms with Crippen LogP contribution in [0.3, 0.4) is 0 Å². The molecule has 0 aliphatic heterocycles. The van der Waals surface area contributed by atoms with Crippen LogP contribution in [0.5, 0.6) is 5.75 Å². The normalized spacial score (nSPS) is 11.4. The summed E-state index contributed by atoms with van der Waals surface area (Å²) in [5.74, 6) is 0.729. The molecule has 0 radical (unpaired) electrons. The molecule has 0 spiro atoms. The third kappa shape index (κ3) is 4.67. The Labute approximate surface area is 145 Å². The van der Waals surface area contributed by atoms with Crippen molar-refractivity contribution in [3.8, 4) is 5.75 Å². The van der Waals surface area contributed by atoms with Gasteiger partial charge in [-0.15, -0.1) is 0 Å². The van der Waals surface area contributed by atoms with E-state index >= 15 is 0 Å². The number of halogens is 1. The maximum absolute atomic E-state index is 12.5. The van der Waals surface area contributed by atoms with E-state index in [2.05, 4.69) is 22.5 Å². The summed E-state index contributed by atoms with van der Waals surface area (Å²) in [7, 11) is -1.94. The predicted octanol–water partition coefficient (Wildman–Crippen LogP) is 3.83. The van der Waals surface area contributed by atoms with Gasteiger partial charge >= 0.3 is 0 Å². The first-order valence-corrected chi connectivity index (χ1v) is 9.21. The third-order valence-corrected chi connectivity index (χ3v) is 5.56. The minimum Gasteiger partial charge on any atom is -0.490 e. The number of sulfonamides is 1. The van der Waals surface area contributed by atoms with Gasteiger partial charge in [0.15, 0.2) is 0 Å². The fourth-order valence-electron chi connectivity index (χ4n) is 1.97. The van der Waals surface area contributed by atoms with Crippen LogP contribution in [-0.4, -0.2) is 26.4 Å². The molecule has 0 aliphatic rings. The smallest absolute Gasteiger partial charge is 0.243 e. The zero-order valence-electron chi connectivity index (χ0n) is 12.8. The van der Waals surface area contributed by atoms with Crippen molar-refractivity contribution < 1.29 is 13.2 Å². The summed E-state index contributed by atoms with van der Waals surface area (Å²) in [4.78, 5) is 0.272. The van der Waals surface area contributed by atoms with Gasteiger partial charge in [0.25, 0.3) is 0 Å². The summed E-state index contributed by atoms with van der Waals surface area (Å²) >= 11 is 3.30. The lowest BCUT2D eigenvalue weighted by Crippen LogP contribution is -2.26. The molecule has 0 saturated heterocycles. The molecule has 0 aliphatic carbocycles. The van der Waals surface area contributed by atoms with Gasteiger partial charge in [-0.3, -0.25) is 0 Å².